The van der Waals surface area contributed by atoms with E-state index in [0.29, 0.717) is 0 Å². The molecule has 172 valence electrons. The van der Waals surface area contributed by atoms with Gasteiger partial charge >= 0.3 is 0 Å². The quantitative estimate of drug-likeness (QED) is 0.299. The molecular weight excluding hydrogens is 396 g/mol. The molecule has 0 bridgehead atoms. The van der Waals surface area contributed by atoms with Crippen LogP contribution < -0.4 is 0 Å². The van der Waals surface area contributed by atoms with E-state index in [0.717, 1.165) is 5.92 Å². The lowest BCUT2D eigenvalue weighted by atomic mass is 9.83. The second kappa shape index (κ2) is 12.4. The van der Waals surface area contributed by atoms with Gasteiger partial charge in [0.1, 0.15) is 0 Å². The number of aryl methyl sites for hydroxylation is 1. The molecule has 0 spiro atoms. The summed E-state index contributed by atoms with van der Waals surface area (Å²) in [5.41, 5.74) is 11.1. The molecule has 0 N–H and O–H groups in total. The van der Waals surface area contributed by atoms with Crippen molar-refractivity contribution in [3.8, 4) is 22.3 Å². The summed E-state index contributed by atoms with van der Waals surface area (Å²) in [4.78, 5) is 0. The first-order valence-electron chi connectivity index (χ1n) is 13.0. The Bertz CT molecular complexity index is 1090. The molecule has 0 aromatic heterocycles. The van der Waals surface area contributed by atoms with E-state index in [1.807, 2.05) is 27.7 Å². The summed E-state index contributed by atoms with van der Waals surface area (Å²) in [7, 11) is 0. The van der Waals surface area contributed by atoms with E-state index < -0.39 is 0 Å². The summed E-state index contributed by atoms with van der Waals surface area (Å²) in [5.74, 6) is 0.719. The van der Waals surface area contributed by atoms with Crippen LogP contribution in [0.2, 0.25) is 0 Å². The summed E-state index contributed by atoms with van der Waals surface area (Å²) < 4.78 is 0. The third-order valence-electron chi connectivity index (χ3n) is 6.60. The normalized spacial score (nSPS) is 14.0. The third kappa shape index (κ3) is 5.56. The molecule has 0 aliphatic heterocycles. The zero-order valence-corrected chi connectivity index (χ0v) is 21.2. The Kier molecular flexibility index (Phi) is 9.31. The molecule has 0 amide bonds. The van der Waals surface area contributed by atoms with Crippen LogP contribution in [-0.2, 0) is 0 Å². The standard InChI is InChI=1S/C29H28.2C2H6/c1-21-19-23(26-14-8-3-7-13-25(21)26)17-18-24-20-29(22-11-5-2-6-12-22)28-16-10-4-9-15-27(24)28;2*1-2/h3-4,7-10,13-20,22H,2,5-6,11-12H2,1H3;2*1-2H3/b18-17+;;. The molecule has 0 unspecified atom stereocenters. The van der Waals surface area contributed by atoms with Crippen molar-refractivity contribution in [2.45, 2.75) is 72.6 Å². The van der Waals surface area contributed by atoms with Crippen molar-refractivity contribution in [2.75, 3.05) is 0 Å². The molecule has 33 heavy (non-hydrogen) atoms. The lowest BCUT2D eigenvalue weighted by Gasteiger charge is -2.22. The lowest BCUT2D eigenvalue weighted by molar-refractivity contribution is 0.445. The first-order valence-corrected chi connectivity index (χ1v) is 13.0. The van der Waals surface area contributed by atoms with Crippen LogP contribution in [-0.4, -0.2) is 0 Å². The topological polar surface area (TPSA) is 0 Å². The number of fused-ring (bicyclic) bond motifs is 2. The van der Waals surface area contributed by atoms with Gasteiger partial charge in [-0.3, -0.25) is 0 Å². The second-order valence-electron chi connectivity index (χ2n) is 8.48. The molecular formula is C33H40. The molecule has 5 rings (SSSR count). The van der Waals surface area contributed by atoms with Crippen LogP contribution in [0.1, 0.15) is 88.0 Å². The predicted octanol–water partition coefficient (Wildman–Crippen LogP) is 10.5. The van der Waals surface area contributed by atoms with E-state index in [-0.39, 0.29) is 0 Å². The van der Waals surface area contributed by atoms with Crippen LogP contribution in [0, 0.1) is 6.92 Å². The van der Waals surface area contributed by atoms with E-state index in [1.54, 1.807) is 5.56 Å². The van der Waals surface area contributed by atoms with Gasteiger partial charge in [-0.25, -0.2) is 0 Å². The van der Waals surface area contributed by atoms with E-state index >= 15 is 0 Å². The molecule has 1 fully saturated rings. The highest BCUT2D eigenvalue weighted by molar-refractivity contribution is 5.90. The van der Waals surface area contributed by atoms with Crippen LogP contribution >= 0.6 is 0 Å². The summed E-state index contributed by atoms with van der Waals surface area (Å²) in [6.45, 7) is 10.2. The van der Waals surface area contributed by atoms with Gasteiger partial charge in [0.05, 0.1) is 0 Å². The molecule has 0 saturated heterocycles. The van der Waals surface area contributed by atoms with Gasteiger partial charge in [0.25, 0.3) is 0 Å². The fourth-order valence-corrected chi connectivity index (χ4v) is 5.11. The highest BCUT2D eigenvalue weighted by Gasteiger charge is 2.22. The van der Waals surface area contributed by atoms with Crippen molar-refractivity contribution in [2.24, 2.45) is 0 Å². The Morgan fingerprint density at radius 1 is 0.576 bits per heavy atom. The summed E-state index contributed by atoms with van der Waals surface area (Å²) in [6.07, 6.45) is 11.5. The van der Waals surface area contributed by atoms with Crippen molar-refractivity contribution >= 4 is 12.2 Å². The van der Waals surface area contributed by atoms with Crippen molar-refractivity contribution in [1.82, 2.24) is 0 Å². The fraction of sp³-hybridized carbons (Fsp3) is 0.333. The molecule has 0 heterocycles. The Hall–Kier alpha value is -2.86. The van der Waals surface area contributed by atoms with Gasteiger partial charge in [0.2, 0.25) is 0 Å². The molecule has 5 aliphatic rings. The van der Waals surface area contributed by atoms with Crippen LogP contribution in [0.5, 0.6) is 0 Å². The zero-order chi connectivity index (χ0) is 23.6. The maximum absolute atomic E-state index is 2.47. The minimum atomic E-state index is 0.719. The van der Waals surface area contributed by atoms with Crippen molar-refractivity contribution in [1.29, 1.82) is 0 Å². The molecule has 0 nitrogen and oxygen atoms in total. The first-order chi connectivity index (χ1) is 16.3. The second-order valence-corrected chi connectivity index (χ2v) is 8.48. The number of hydrogen-bond donors (Lipinski definition) is 0. The van der Waals surface area contributed by atoms with E-state index in [9.17, 15) is 0 Å². The Labute approximate surface area is 202 Å². The smallest absolute Gasteiger partial charge is 0.0108 e. The number of hydrogen-bond acceptors (Lipinski definition) is 0. The van der Waals surface area contributed by atoms with E-state index in [1.165, 1.54) is 71.0 Å². The average molecular weight is 437 g/mol. The maximum atomic E-state index is 2.47. The van der Waals surface area contributed by atoms with E-state index in [4.69, 9.17) is 0 Å². The third-order valence-corrected chi connectivity index (χ3v) is 6.60. The van der Waals surface area contributed by atoms with Crippen LogP contribution in [0.3, 0.4) is 0 Å². The van der Waals surface area contributed by atoms with Crippen molar-refractivity contribution < 1.29 is 0 Å². The summed E-state index contributed by atoms with van der Waals surface area (Å²) >= 11 is 0. The first kappa shape index (κ1) is 24.8. The summed E-state index contributed by atoms with van der Waals surface area (Å²) in [6, 6.07) is 26.7. The van der Waals surface area contributed by atoms with Crippen LogP contribution in [0.15, 0.2) is 72.8 Å². The Morgan fingerprint density at radius 3 is 1.67 bits per heavy atom. The predicted molar refractivity (Wildman–Crippen MR) is 148 cm³/mol. The largest absolute Gasteiger partial charge is 0.0683 e. The van der Waals surface area contributed by atoms with Gasteiger partial charge in [-0.1, -0.05) is 132 Å². The lowest BCUT2D eigenvalue weighted by Crippen LogP contribution is -2.03. The monoisotopic (exact) mass is 436 g/mol. The van der Waals surface area contributed by atoms with Crippen LogP contribution in [0.4, 0.5) is 0 Å². The Balaban J connectivity index is 0.000000728. The Morgan fingerprint density at radius 2 is 1.06 bits per heavy atom. The van der Waals surface area contributed by atoms with Gasteiger partial charge in [0, 0.05) is 0 Å². The van der Waals surface area contributed by atoms with E-state index in [2.05, 4.69) is 91.9 Å². The van der Waals surface area contributed by atoms with Crippen LogP contribution in [0.25, 0.3) is 34.4 Å². The van der Waals surface area contributed by atoms with Gasteiger partial charge in [-0.05, 0) is 70.2 Å². The minimum absolute atomic E-state index is 0.719. The molecule has 5 aliphatic carbocycles. The number of rotatable bonds is 3. The van der Waals surface area contributed by atoms with Gasteiger partial charge in [-0.15, -0.1) is 0 Å². The van der Waals surface area contributed by atoms with Crippen molar-refractivity contribution in [3.63, 3.8) is 0 Å². The molecule has 0 radical (unpaired) electrons. The highest BCUT2D eigenvalue weighted by atomic mass is 14.3. The minimum Gasteiger partial charge on any atom is -0.0683 e. The summed E-state index contributed by atoms with van der Waals surface area (Å²) in [5, 5.41) is 0. The molecule has 0 atom stereocenters. The highest BCUT2D eigenvalue weighted by Crippen LogP contribution is 2.43. The van der Waals surface area contributed by atoms with Crippen molar-refractivity contribution in [3.05, 3.63) is 95.1 Å². The average Bonchev–Trinajstić information content (AvgIpc) is 3.12. The fourth-order valence-electron chi connectivity index (χ4n) is 5.11. The maximum Gasteiger partial charge on any atom is -0.0108 e. The van der Waals surface area contributed by atoms with Gasteiger partial charge < -0.3 is 0 Å². The van der Waals surface area contributed by atoms with Gasteiger partial charge in [0.15, 0.2) is 0 Å². The molecule has 0 aromatic rings. The zero-order valence-electron chi connectivity index (χ0n) is 21.2. The van der Waals surface area contributed by atoms with Gasteiger partial charge in [-0.2, -0.15) is 0 Å². The molecule has 1 saturated carbocycles. The molecule has 0 aromatic carbocycles. The molecule has 0 heteroatoms. The SMILES string of the molecule is CC.CC.Cc1cc(/C=C/c2cc(C3CCCCC3)c3cccccc2-3)c2cccccc1-2.